The van der Waals surface area contributed by atoms with Crippen molar-refractivity contribution in [3.63, 3.8) is 0 Å². The van der Waals surface area contributed by atoms with E-state index in [1.54, 1.807) is 0 Å². The number of nitrogens with zero attached hydrogens (tertiary/aromatic N) is 5. The Morgan fingerprint density at radius 2 is 1.72 bits per heavy atom. The number of hydrogen-bond acceptors (Lipinski definition) is 5. The maximum atomic E-state index is 4.62. The summed E-state index contributed by atoms with van der Waals surface area (Å²) in [5.41, 5.74) is 0. The predicted octanol–water partition coefficient (Wildman–Crippen LogP) is 2.05. The first-order valence-electron chi connectivity index (χ1n) is 6.72. The van der Waals surface area contributed by atoms with Crippen molar-refractivity contribution in [3.8, 4) is 0 Å². The van der Waals surface area contributed by atoms with E-state index in [1.165, 1.54) is 12.8 Å². The van der Waals surface area contributed by atoms with Gasteiger partial charge in [0.2, 0.25) is 11.9 Å². The zero-order valence-corrected chi connectivity index (χ0v) is 12.0. The second kappa shape index (κ2) is 5.08. The van der Waals surface area contributed by atoms with Gasteiger partial charge in [0.15, 0.2) is 0 Å². The summed E-state index contributed by atoms with van der Waals surface area (Å²) in [5.74, 6) is 2.79. The number of hydrogen-bond donors (Lipinski definition) is 0. The Kier molecular flexibility index (Phi) is 3.68. The molecule has 1 saturated carbocycles. The van der Waals surface area contributed by atoms with E-state index in [9.17, 15) is 0 Å². The molecule has 1 heterocycles. The molecule has 0 spiro atoms. The van der Waals surface area contributed by atoms with Crippen LogP contribution in [0, 0.1) is 0 Å². The van der Waals surface area contributed by atoms with Crippen LogP contribution in [-0.2, 0) is 0 Å². The first-order valence-corrected chi connectivity index (χ1v) is 6.72. The highest BCUT2D eigenvalue weighted by molar-refractivity contribution is 5.40. The second-order valence-corrected chi connectivity index (χ2v) is 5.36. The van der Waals surface area contributed by atoms with E-state index in [4.69, 9.17) is 0 Å². The van der Waals surface area contributed by atoms with Gasteiger partial charge >= 0.3 is 0 Å². The highest BCUT2D eigenvalue weighted by atomic mass is 15.3. The molecule has 0 saturated heterocycles. The van der Waals surface area contributed by atoms with Crippen molar-refractivity contribution in [2.45, 2.75) is 45.6 Å². The Morgan fingerprint density at radius 3 is 2.17 bits per heavy atom. The van der Waals surface area contributed by atoms with Crippen molar-refractivity contribution in [2.24, 2.45) is 0 Å². The monoisotopic (exact) mass is 249 g/mol. The molecule has 0 aromatic carbocycles. The van der Waals surface area contributed by atoms with Crippen LogP contribution in [-0.4, -0.2) is 41.6 Å². The van der Waals surface area contributed by atoms with Crippen LogP contribution >= 0.6 is 0 Å². The fraction of sp³-hybridized carbons (Fsp3) is 0.769. The van der Waals surface area contributed by atoms with Crippen molar-refractivity contribution in [2.75, 3.05) is 30.4 Å². The molecule has 0 bridgehead atoms. The van der Waals surface area contributed by atoms with E-state index in [0.29, 0.717) is 12.0 Å². The van der Waals surface area contributed by atoms with Crippen molar-refractivity contribution in [3.05, 3.63) is 5.82 Å². The van der Waals surface area contributed by atoms with Gasteiger partial charge in [-0.25, -0.2) is 0 Å². The van der Waals surface area contributed by atoms with Crippen molar-refractivity contribution in [1.29, 1.82) is 0 Å². The number of rotatable bonds is 5. The maximum Gasteiger partial charge on any atom is 0.230 e. The maximum absolute atomic E-state index is 4.62. The zero-order valence-electron chi connectivity index (χ0n) is 12.0. The molecule has 5 heteroatoms. The number of aromatic nitrogens is 3. The molecule has 5 nitrogen and oxygen atoms in total. The second-order valence-electron chi connectivity index (χ2n) is 5.36. The zero-order chi connectivity index (χ0) is 13.3. The van der Waals surface area contributed by atoms with Crippen LogP contribution < -0.4 is 9.80 Å². The lowest BCUT2D eigenvalue weighted by Gasteiger charge is -2.22. The van der Waals surface area contributed by atoms with Crippen molar-refractivity contribution < 1.29 is 0 Å². The summed E-state index contributed by atoms with van der Waals surface area (Å²) in [5, 5.41) is 0. The van der Waals surface area contributed by atoms with E-state index < -0.39 is 0 Å². The van der Waals surface area contributed by atoms with Gasteiger partial charge in [0, 0.05) is 32.6 Å². The van der Waals surface area contributed by atoms with Gasteiger partial charge in [0.1, 0.15) is 5.82 Å². The Balaban J connectivity index is 2.38. The van der Waals surface area contributed by atoms with E-state index >= 15 is 0 Å². The standard InChI is InChI=1S/C13H23N5/c1-6-18(10-7-8-10)13-15-11(9(2)3)14-12(16-13)17(4)5/h9-10H,6-8H2,1-5H3. The summed E-state index contributed by atoms with van der Waals surface area (Å²) >= 11 is 0. The summed E-state index contributed by atoms with van der Waals surface area (Å²) in [6.07, 6.45) is 2.52. The molecule has 2 rings (SSSR count). The summed E-state index contributed by atoms with van der Waals surface area (Å²) in [6.45, 7) is 7.35. The topological polar surface area (TPSA) is 45.2 Å². The van der Waals surface area contributed by atoms with Gasteiger partial charge in [-0.1, -0.05) is 13.8 Å². The average Bonchev–Trinajstić information content (AvgIpc) is 3.14. The molecule has 1 fully saturated rings. The molecule has 0 N–H and O–H groups in total. The summed E-state index contributed by atoms with van der Waals surface area (Å²) < 4.78 is 0. The predicted molar refractivity (Wildman–Crippen MR) is 74.3 cm³/mol. The lowest BCUT2D eigenvalue weighted by atomic mass is 10.2. The lowest BCUT2D eigenvalue weighted by molar-refractivity contribution is 0.718. The minimum Gasteiger partial charge on any atom is -0.347 e. The Morgan fingerprint density at radius 1 is 1.11 bits per heavy atom. The molecule has 0 aliphatic heterocycles. The molecule has 0 atom stereocenters. The fourth-order valence-corrected chi connectivity index (χ4v) is 1.91. The van der Waals surface area contributed by atoms with Crippen molar-refractivity contribution >= 4 is 11.9 Å². The van der Waals surface area contributed by atoms with Gasteiger partial charge in [-0.3, -0.25) is 0 Å². The lowest BCUT2D eigenvalue weighted by Crippen LogP contribution is -2.29. The van der Waals surface area contributed by atoms with Crippen LogP contribution in [0.1, 0.15) is 45.4 Å². The summed E-state index contributed by atoms with van der Waals surface area (Å²) in [7, 11) is 3.94. The SMILES string of the molecule is CCN(c1nc(C(C)C)nc(N(C)C)n1)C1CC1. The third kappa shape index (κ3) is 2.71. The molecular weight excluding hydrogens is 226 g/mol. The van der Waals surface area contributed by atoms with Crippen LogP contribution in [0.4, 0.5) is 11.9 Å². The highest BCUT2D eigenvalue weighted by Crippen LogP contribution is 2.30. The summed E-state index contributed by atoms with van der Waals surface area (Å²) in [4.78, 5) is 17.9. The molecular formula is C13H23N5. The minimum absolute atomic E-state index is 0.323. The Hall–Kier alpha value is -1.39. The molecule has 0 amide bonds. The van der Waals surface area contributed by atoms with E-state index in [2.05, 4.69) is 40.6 Å². The van der Waals surface area contributed by atoms with Gasteiger partial charge in [-0.05, 0) is 19.8 Å². The van der Waals surface area contributed by atoms with Gasteiger partial charge in [0.05, 0.1) is 0 Å². The van der Waals surface area contributed by atoms with E-state index in [0.717, 1.165) is 24.3 Å². The van der Waals surface area contributed by atoms with E-state index in [-0.39, 0.29) is 0 Å². The molecule has 1 aromatic heterocycles. The molecule has 0 radical (unpaired) electrons. The molecule has 1 aliphatic carbocycles. The Labute approximate surface area is 109 Å². The smallest absolute Gasteiger partial charge is 0.230 e. The van der Waals surface area contributed by atoms with Crippen LogP contribution in [0.2, 0.25) is 0 Å². The van der Waals surface area contributed by atoms with Gasteiger partial charge in [-0.2, -0.15) is 15.0 Å². The van der Waals surface area contributed by atoms with Gasteiger partial charge < -0.3 is 9.80 Å². The van der Waals surface area contributed by atoms with Gasteiger partial charge in [-0.15, -0.1) is 0 Å². The number of anilines is 2. The minimum atomic E-state index is 0.323. The van der Waals surface area contributed by atoms with Crippen LogP contribution in [0.25, 0.3) is 0 Å². The van der Waals surface area contributed by atoms with E-state index in [1.807, 2.05) is 19.0 Å². The largest absolute Gasteiger partial charge is 0.347 e. The van der Waals surface area contributed by atoms with Crippen LogP contribution in [0.5, 0.6) is 0 Å². The fourth-order valence-electron chi connectivity index (χ4n) is 1.91. The van der Waals surface area contributed by atoms with Crippen LogP contribution in [0.3, 0.4) is 0 Å². The third-order valence-corrected chi connectivity index (χ3v) is 3.13. The molecule has 1 aliphatic rings. The third-order valence-electron chi connectivity index (χ3n) is 3.13. The first-order chi connectivity index (χ1) is 8.52. The normalized spacial score (nSPS) is 15.0. The highest BCUT2D eigenvalue weighted by Gasteiger charge is 2.30. The molecule has 1 aromatic rings. The summed E-state index contributed by atoms with van der Waals surface area (Å²) in [6, 6.07) is 0.632. The quantitative estimate of drug-likeness (QED) is 0.799. The van der Waals surface area contributed by atoms with Gasteiger partial charge in [0.25, 0.3) is 0 Å². The average molecular weight is 249 g/mol. The molecule has 18 heavy (non-hydrogen) atoms. The van der Waals surface area contributed by atoms with Crippen molar-refractivity contribution in [1.82, 2.24) is 15.0 Å². The Bertz CT molecular complexity index is 386. The first kappa shape index (κ1) is 13.1. The molecule has 100 valence electrons. The van der Waals surface area contributed by atoms with Crippen LogP contribution in [0.15, 0.2) is 0 Å². The molecule has 0 unspecified atom stereocenters.